The summed E-state index contributed by atoms with van der Waals surface area (Å²) in [7, 11) is -2.54. The van der Waals surface area contributed by atoms with Crippen molar-refractivity contribution in [2.45, 2.75) is 32.4 Å². The van der Waals surface area contributed by atoms with Crippen molar-refractivity contribution in [3.05, 3.63) is 51.3 Å². The minimum Gasteiger partial charge on any atom is -0.493 e. The molecule has 3 N–H and O–H groups in total. The first-order chi connectivity index (χ1) is 15.2. The van der Waals surface area contributed by atoms with E-state index in [0.717, 1.165) is 0 Å². The quantitative estimate of drug-likeness (QED) is 0.444. The molecule has 4 rings (SSSR count). The lowest BCUT2D eigenvalue weighted by molar-refractivity contribution is -0.140. The third kappa shape index (κ3) is 4.36. The molecular weight excluding hydrogens is 479 g/mol. The van der Waals surface area contributed by atoms with Crippen molar-refractivity contribution >= 4 is 56.0 Å². The van der Waals surface area contributed by atoms with Gasteiger partial charge in [-0.05, 0) is 36.1 Å². The standard InChI is InChI=1S/C20H20Cl2N4O5S/c1-31-16(28)4-2-3-14-18(22)17-13(21)8-12-10-26(9-11-5-6-23-15(27)7-11)32(29,30)25-19(12)20(17)24-14/h5-8,24-25H,2-4,9-10H2,1H3,(H,23,27). The number of fused-ring (bicyclic) bond motifs is 3. The van der Waals surface area contributed by atoms with Gasteiger partial charge in [0.2, 0.25) is 5.88 Å². The van der Waals surface area contributed by atoms with E-state index >= 15 is 0 Å². The predicted molar refractivity (Wildman–Crippen MR) is 121 cm³/mol. The Morgan fingerprint density at radius 1 is 1.34 bits per heavy atom. The summed E-state index contributed by atoms with van der Waals surface area (Å²) in [5, 5.41) is 10.9. The molecule has 12 heteroatoms. The zero-order chi connectivity index (χ0) is 23.0. The molecule has 0 unspecified atom stereocenters. The number of nitrogens with one attached hydrogen (secondary N) is 2. The second-order valence-corrected chi connectivity index (χ2v) is 9.84. The monoisotopic (exact) mass is 498 g/mol. The van der Waals surface area contributed by atoms with Crippen LogP contribution in [0.2, 0.25) is 10.0 Å². The van der Waals surface area contributed by atoms with E-state index in [-0.39, 0.29) is 31.4 Å². The minimum atomic E-state index is -3.87. The van der Waals surface area contributed by atoms with E-state index in [0.29, 0.717) is 56.3 Å². The summed E-state index contributed by atoms with van der Waals surface area (Å²) in [6.07, 6.45) is 2.63. The molecule has 170 valence electrons. The third-order valence-corrected chi connectivity index (χ3v) is 7.36. The molecule has 0 bridgehead atoms. The molecule has 0 saturated carbocycles. The molecule has 1 aromatic carbocycles. The zero-order valence-electron chi connectivity index (χ0n) is 17.0. The van der Waals surface area contributed by atoms with Crippen molar-refractivity contribution in [3.8, 4) is 5.88 Å². The van der Waals surface area contributed by atoms with E-state index in [1.807, 2.05) is 0 Å². The van der Waals surface area contributed by atoms with Crippen LogP contribution in [0.15, 0.2) is 24.4 Å². The second-order valence-electron chi connectivity index (χ2n) is 7.39. The van der Waals surface area contributed by atoms with Crippen LogP contribution in [0.25, 0.3) is 10.9 Å². The number of nitrogens with zero attached hydrogens (tertiary/aromatic N) is 2. The highest BCUT2D eigenvalue weighted by molar-refractivity contribution is 7.90. The summed E-state index contributed by atoms with van der Waals surface area (Å²) in [5.41, 5.74) is 2.81. The van der Waals surface area contributed by atoms with Gasteiger partial charge in [0.15, 0.2) is 0 Å². The molecule has 3 heterocycles. The number of rotatable bonds is 6. The Balaban J connectivity index is 1.67. The molecule has 0 atom stereocenters. The van der Waals surface area contributed by atoms with Gasteiger partial charge in [-0.1, -0.05) is 23.2 Å². The molecule has 1 aliphatic heterocycles. The second kappa shape index (κ2) is 8.78. The first-order valence-electron chi connectivity index (χ1n) is 9.69. The largest absolute Gasteiger partial charge is 0.493 e. The van der Waals surface area contributed by atoms with Gasteiger partial charge < -0.3 is 14.8 Å². The Hall–Kier alpha value is -2.53. The number of aryl methyl sites for hydroxylation is 1. The average molecular weight is 499 g/mol. The number of halogens is 2. The van der Waals surface area contributed by atoms with Crippen molar-refractivity contribution in [2.75, 3.05) is 11.8 Å². The Morgan fingerprint density at radius 3 is 2.84 bits per heavy atom. The predicted octanol–water partition coefficient (Wildman–Crippen LogP) is 3.74. The number of carbonyl (C=O) groups excluding carboxylic acids is 1. The Labute approximate surface area is 194 Å². The zero-order valence-corrected chi connectivity index (χ0v) is 19.3. The summed E-state index contributed by atoms with van der Waals surface area (Å²) >= 11 is 13.0. The number of aromatic amines is 1. The molecule has 1 aliphatic rings. The summed E-state index contributed by atoms with van der Waals surface area (Å²) in [6, 6.07) is 4.73. The Morgan fingerprint density at radius 2 is 2.12 bits per heavy atom. The number of H-pyrrole nitrogens is 1. The summed E-state index contributed by atoms with van der Waals surface area (Å²) in [5.74, 6) is -0.501. The first-order valence-corrected chi connectivity index (χ1v) is 11.9. The number of aromatic hydroxyl groups is 1. The Kier molecular flexibility index (Phi) is 6.22. The number of anilines is 1. The van der Waals surface area contributed by atoms with Gasteiger partial charge in [-0.15, -0.1) is 0 Å². The van der Waals surface area contributed by atoms with E-state index in [1.165, 1.54) is 23.7 Å². The van der Waals surface area contributed by atoms with Crippen LogP contribution < -0.4 is 4.72 Å². The molecule has 2 aromatic heterocycles. The van der Waals surface area contributed by atoms with E-state index < -0.39 is 10.2 Å². The average Bonchev–Trinajstić information content (AvgIpc) is 3.06. The lowest BCUT2D eigenvalue weighted by atomic mass is 10.1. The fourth-order valence-electron chi connectivity index (χ4n) is 3.70. The van der Waals surface area contributed by atoms with Crippen molar-refractivity contribution in [1.29, 1.82) is 0 Å². The minimum absolute atomic E-state index is 0.0464. The van der Waals surface area contributed by atoms with Crippen LogP contribution in [-0.4, -0.2) is 40.9 Å². The normalized spacial score (nSPS) is 15.3. The summed E-state index contributed by atoms with van der Waals surface area (Å²) < 4.78 is 34.4. The van der Waals surface area contributed by atoms with Crippen LogP contribution in [0.5, 0.6) is 5.88 Å². The van der Waals surface area contributed by atoms with Crippen molar-refractivity contribution < 1.29 is 23.1 Å². The molecule has 0 aliphatic carbocycles. The highest BCUT2D eigenvalue weighted by atomic mass is 35.5. The number of aromatic nitrogens is 2. The molecule has 32 heavy (non-hydrogen) atoms. The van der Waals surface area contributed by atoms with E-state index in [2.05, 4.69) is 19.4 Å². The van der Waals surface area contributed by atoms with Crippen LogP contribution in [0.1, 0.15) is 29.7 Å². The van der Waals surface area contributed by atoms with Crippen molar-refractivity contribution in [2.24, 2.45) is 0 Å². The maximum absolute atomic E-state index is 12.9. The third-order valence-electron chi connectivity index (χ3n) is 5.24. The lowest BCUT2D eigenvalue weighted by Crippen LogP contribution is -2.39. The molecule has 9 nitrogen and oxygen atoms in total. The topological polar surface area (TPSA) is 125 Å². The summed E-state index contributed by atoms with van der Waals surface area (Å²) in [4.78, 5) is 18.3. The number of esters is 1. The number of ether oxygens (including phenoxy) is 1. The number of methoxy groups -OCH3 is 1. The fraction of sp³-hybridized carbons (Fsp3) is 0.300. The maximum atomic E-state index is 12.9. The maximum Gasteiger partial charge on any atom is 0.305 e. The number of hydrogen-bond donors (Lipinski definition) is 3. The smallest absolute Gasteiger partial charge is 0.305 e. The van der Waals surface area contributed by atoms with Gasteiger partial charge in [-0.3, -0.25) is 9.52 Å². The molecule has 0 saturated heterocycles. The number of pyridine rings is 1. The Bertz CT molecular complexity index is 1310. The van der Waals surface area contributed by atoms with Crippen molar-refractivity contribution in [1.82, 2.24) is 14.3 Å². The van der Waals surface area contributed by atoms with Crippen LogP contribution in [0, 0.1) is 0 Å². The van der Waals surface area contributed by atoms with Gasteiger partial charge in [-0.25, -0.2) is 4.98 Å². The van der Waals surface area contributed by atoms with Crippen LogP contribution in [0.4, 0.5) is 5.69 Å². The fourth-order valence-corrected chi connectivity index (χ4v) is 5.65. The van der Waals surface area contributed by atoms with Gasteiger partial charge >= 0.3 is 16.2 Å². The van der Waals surface area contributed by atoms with Crippen LogP contribution in [0.3, 0.4) is 0 Å². The molecule has 0 radical (unpaired) electrons. The van der Waals surface area contributed by atoms with Gasteiger partial charge in [-0.2, -0.15) is 12.7 Å². The van der Waals surface area contributed by atoms with Gasteiger partial charge in [0.05, 0.1) is 28.4 Å². The molecule has 3 aromatic rings. The molecule has 0 spiro atoms. The van der Waals surface area contributed by atoms with Gasteiger partial charge in [0.25, 0.3) is 0 Å². The SMILES string of the molecule is COC(=O)CCCc1[nH]c2c3c(cc(Cl)c2c1Cl)CN(Cc1ccnc(O)c1)S(=O)(=O)N3. The highest BCUT2D eigenvalue weighted by Crippen LogP contribution is 2.42. The van der Waals surface area contributed by atoms with E-state index in [1.54, 1.807) is 12.1 Å². The van der Waals surface area contributed by atoms with E-state index in [9.17, 15) is 18.3 Å². The summed E-state index contributed by atoms with van der Waals surface area (Å²) in [6.45, 7) is 0.127. The van der Waals surface area contributed by atoms with E-state index in [4.69, 9.17) is 23.2 Å². The molecule has 0 amide bonds. The lowest BCUT2D eigenvalue weighted by Gasteiger charge is -2.29. The van der Waals surface area contributed by atoms with Gasteiger partial charge in [0, 0.05) is 42.9 Å². The molecule has 0 fully saturated rings. The number of hydrogen-bond acceptors (Lipinski definition) is 6. The number of benzene rings is 1. The van der Waals surface area contributed by atoms with Crippen LogP contribution in [-0.2, 0) is 39.3 Å². The first kappa shape index (κ1) is 22.7. The number of carbonyl (C=O) groups is 1. The van der Waals surface area contributed by atoms with Gasteiger partial charge in [0.1, 0.15) is 0 Å². The highest BCUT2D eigenvalue weighted by Gasteiger charge is 2.32. The van der Waals surface area contributed by atoms with Crippen LogP contribution >= 0.6 is 23.2 Å². The molecular formula is C20H20Cl2N4O5S. The van der Waals surface area contributed by atoms with Crippen molar-refractivity contribution in [3.63, 3.8) is 0 Å².